The van der Waals surface area contributed by atoms with Crippen LogP contribution >= 0.6 is 0 Å². The van der Waals surface area contributed by atoms with Gasteiger partial charge in [0, 0.05) is 12.6 Å². The highest BCUT2D eigenvalue weighted by molar-refractivity contribution is 5.30. The Morgan fingerprint density at radius 3 is 2.57 bits per heavy atom. The molecule has 1 aliphatic rings. The molecule has 1 aromatic rings. The molecule has 0 amide bonds. The number of benzene rings is 1. The molecular formula is C16H21F4N. The number of hydrogen-bond donors (Lipinski definition) is 1. The Morgan fingerprint density at radius 2 is 1.90 bits per heavy atom. The molecule has 1 nitrogen and oxygen atoms in total. The molecule has 0 radical (unpaired) electrons. The summed E-state index contributed by atoms with van der Waals surface area (Å²) in [4.78, 5) is 0. The van der Waals surface area contributed by atoms with Crippen molar-refractivity contribution in [3.05, 3.63) is 35.1 Å². The third-order valence-corrected chi connectivity index (χ3v) is 4.64. The summed E-state index contributed by atoms with van der Waals surface area (Å²) in [5.41, 5.74) is -0.777. The molecule has 1 fully saturated rings. The highest BCUT2D eigenvalue weighted by Gasteiger charge is 2.34. The van der Waals surface area contributed by atoms with Crippen molar-refractivity contribution in [1.29, 1.82) is 0 Å². The van der Waals surface area contributed by atoms with Gasteiger partial charge in [0.15, 0.2) is 0 Å². The van der Waals surface area contributed by atoms with Crippen molar-refractivity contribution in [3.63, 3.8) is 0 Å². The average molecular weight is 303 g/mol. The lowest BCUT2D eigenvalue weighted by Gasteiger charge is -2.35. The van der Waals surface area contributed by atoms with E-state index in [1.165, 1.54) is 12.5 Å². The van der Waals surface area contributed by atoms with Gasteiger partial charge in [-0.25, -0.2) is 4.39 Å². The van der Waals surface area contributed by atoms with Gasteiger partial charge in [0.25, 0.3) is 0 Å². The van der Waals surface area contributed by atoms with Crippen LogP contribution in [0.3, 0.4) is 0 Å². The standard InChI is InChI=1S/C16H21F4N/c1-10-4-3-5-15(11(10)2)21-9-12-6-7-13(17)8-14(12)16(18,19)20/h6-8,10-11,15,21H,3-5,9H2,1-2H3. The fourth-order valence-electron chi connectivity index (χ4n) is 3.08. The van der Waals surface area contributed by atoms with E-state index in [2.05, 4.69) is 19.2 Å². The number of rotatable bonds is 3. The summed E-state index contributed by atoms with van der Waals surface area (Å²) >= 11 is 0. The molecule has 1 saturated carbocycles. The van der Waals surface area contributed by atoms with Gasteiger partial charge in [0.1, 0.15) is 5.82 Å². The second-order valence-corrected chi connectivity index (χ2v) is 6.05. The van der Waals surface area contributed by atoms with Crippen LogP contribution in [0.25, 0.3) is 0 Å². The lowest BCUT2D eigenvalue weighted by molar-refractivity contribution is -0.138. The molecule has 0 saturated heterocycles. The second kappa shape index (κ2) is 6.34. The van der Waals surface area contributed by atoms with E-state index in [9.17, 15) is 17.6 Å². The average Bonchev–Trinajstić information content (AvgIpc) is 2.40. The topological polar surface area (TPSA) is 12.0 Å². The zero-order chi connectivity index (χ0) is 15.6. The fourth-order valence-corrected chi connectivity index (χ4v) is 3.08. The van der Waals surface area contributed by atoms with Gasteiger partial charge in [0.05, 0.1) is 5.56 Å². The molecule has 5 heteroatoms. The first-order valence-electron chi connectivity index (χ1n) is 7.38. The van der Waals surface area contributed by atoms with E-state index in [1.807, 2.05) is 0 Å². The highest BCUT2D eigenvalue weighted by Crippen LogP contribution is 2.33. The lowest BCUT2D eigenvalue weighted by Crippen LogP contribution is -2.40. The van der Waals surface area contributed by atoms with Crippen LogP contribution in [0.4, 0.5) is 17.6 Å². The molecule has 3 unspecified atom stereocenters. The Hall–Kier alpha value is -1.10. The third-order valence-electron chi connectivity index (χ3n) is 4.64. The van der Waals surface area contributed by atoms with Crippen LogP contribution in [0.1, 0.15) is 44.2 Å². The largest absolute Gasteiger partial charge is 0.416 e. The number of hydrogen-bond acceptors (Lipinski definition) is 1. The maximum atomic E-state index is 13.1. The van der Waals surface area contributed by atoms with Crippen molar-refractivity contribution < 1.29 is 17.6 Å². The van der Waals surface area contributed by atoms with Crippen LogP contribution in [0.5, 0.6) is 0 Å². The van der Waals surface area contributed by atoms with Crippen molar-refractivity contribution >= 4 is 0 Å². The SMILES string of the molecule is CC1CCCC(NCc2ccc(F)cc2C(F)(F)F)C1C. The lowest BCUT2D eigenvalue weighted by atomic mass is 9.78. The summed E-state index contributed by atoms with van der Waals surface area (Å²) in [6.07, 6.45) is -1.28. The van der Waals surface area contributed by atoms with Crippen molar-refractivity contribution in [1.82, 2.24) is 5.32 Å². The summed E-state index contributed by atoms with van der Waals surface area (Å²) in [7, 11) is 0. The van der Waals surface area contributed by atoms with Gasteiger partial charge >= 0.3 is 6.18 Å². The Labute approximate surface area is 122 Å². The third kappa shape index (κ3) is 3.96. The van der Waals surface area contributed by atoms with Gasteiger partial charge in [0.2, 0.25) is 0 Å². The number of nitrogens with one attached hydrogen (secondary N) is 1. The van der Waals surface area contributed by atoms with Gasteiger partial charge in [-0.15, -0.1) is 0 Å². The summed E-state index contributed by atoms with van der Waals surface area (Å²) in [6.45, 7) is 4.44. The molecule has 21 heavy (non-hydrogen) atoms. The Morgan fingerprint density at radius 1 is 1.19 bits per heavy atom. The summed E-state index contributed by atoms with van der Waals surface area (Å²) in [5.74, 6) is 0.158. The molecule has 1 aromatic carbocycles. The van der Waals surface area contributed by atoms with E-state index >= 15 is 0 Å². The van der Waals surface area contributed by atoms with Crippen LogP contribution in [0.2, 0.25) is 0 Å². The molecule has 1 N–H and O–H groups in total. The van der Waals surface area contributed by atoms with E-state index < -0.39 is 17.6 Å². The van der Waals surface area contributed by atoms with Gasteiger partial charge in [-0.2, -0.15) is 13.2 Å². The summed E-state index contributed by atoms with van der Waals surface area (Å²) in [5, 5.41) is 3.23. The van der Waals surface area contributed by atoms with Crippen molar-refractivity contribution in [3.8, 4) is 0 Å². The molecular weight excluding hydrogens is 282 g/mol. The van der Waals surface area contributed by atoms with Crippen LogP contribution < -0.4 is 5.32 Å². The van der Waals surface area contributed by atoms with Crippen LogP contribution in [-0.4, -0.2) is 6.04 Å². The van der Waals surface area contributed by atoms with E-state index in [0.717, 1.165) is 18.9 Å². The van der Waals surface area contributed by atoms with E-state index in [0.29, 0.717) is 17.9 Å². The molecule has 0 aliphatic heterocycles. The Bertz CT molecular complexity index is 484. The van der Waals surface area contributed by atoms with Crippen molar-refractivity contribution in [2.45, 2.75) is 51.9 Å². The minimum absolute atomic E-state index is 0.106. The smallest absolute Gasteiger partial charge is 0.310 e. The molecule has 0 spiro atoms. The second-order valence-electron chi connectivity index (χ2n) is 6.05. The van der Waals surface area contributed by atoms with E-state index in [1.54, 1.807) is 0 Å². The first-order chi connectivity index (χ1) is 9.79. The quantitative estimate of drug-likeness (QED) is 0.794. The first kappa shape index (κ1) is 16.3. The maximum Gasteiger partial charge on any atom is 0.416 e. The zero-order valence-electron chi connectivity index (χ0n) is 12.3. The van der Waals surface area contributed by atoms with Crippen molar-refractivity contribution in [2.24, 2.45) is 11.8 Å². The van der Waals surface area contributed by atoms with Crippen LogP contribution in [-0.2, 0) is 12.7 Å². The van der Waals surface area contributed by atoms with Gasteiger partial charge in [-0.3, -0.25) is 0 Å². The molecule has 1 aliphatic carbocycles. The molecule has 0 aromatic heterocycles. The maximum absolute atomic E-state index is 13.1. The molecule has 118 valence electrons. The Kier molecular flexibility index (Phi) is 4.91. The normalized spacial score (nSPS) is 26.9. The monoisotopic (exact) mass is 303 g/mol. The van der Waals surface area contributed by atoms with Gasteiger partial charge in [-0.05, 0) is 36.0 Å². The molecule has 0 bridgehead atoms. The minimum atomic E-state index is -4.52. The summed E-state index contributed by atoms with van der Waals surface area (Å²) < 4.78 is 51.9. The zero-order valence-corrected chi connectivity index (χ0v) is 12.3. The minimum Gasteiger partial charge on any atom is -0.310 e. The number of halogens is 4. The van der Waals surface area contributed by atoms with Gasteiger partial charge < -0.3 is 5.32 Å². The van der Waals surface area contributed by atoms with Crippen LogP contribution in [0, 0.1) is 17.7 Å². The predicted molar refractivity (Wildman–Crippen MR) is 74.2 cm³/mol. The Balaban J connectivity index is 2.10. The summed E-state index contributed by atoms with van der Waals surface area (Å²) in [6, 6.07) is 3.10. The van der Waals surface area contributed by atoms with E-state index in [-0.39, 0.29) is 18.2 Å². The predicted octanol–water partition coefficient (Wildman–Crippen LogP) is 4.76. The van der Waals surface area contributed by atoms with E-state index in [4.69, 9.17) is 0 Å². The molecule has 2 rings (SSSR count). The first-order valence-corrected chi connectivity index (χ1v) is 7.38. The molecule has 3 atom stereocenters. The number of alkyl halides is 3. The molecule has 0 heterocycles. The van der Waals surface area contributed by atoms with Crippen LogP contribution in [0.15, 0.2) is 18.2 Å². The van der Waals surface area contributed by atoms with Crippen molar-refractivity contribution in [2.75, 3.05) is 0 Å². The highest BCUT2D eigenvalue weighted by atomic mass is 19.4. The van der Waals surface area contributed by atoms with Gasteiger partial charge in [-0.1, -0.05) is 32.8 Å². The fraction of sp³-hybridized carbons (Fsp3) is 0.625.